The van der Waals surface area contributed by atoms with Crippen molar-refractivity contribution in [1.29, 1.82) is 0 Å². The Morgan fingerprint density at radius 3 is 2.35 bits per heavy atom. The molecule has 0 radical (unpaired) electrons. The average molecular weight is 663 g/mol. The molecule has 90 valence electrons. The molecule has 0 saturated carbocycles. The number of amides is 1. The number of carbonyl (C=O) groups excluding carboxylic acids is 1. The van der Waals surface area contributed by atoms with Crippen LogP contribution in [-0.4, -0.2) is 10.9 Å². The molecule has 23 heavy (non-hydrogen) atoms. The predicted molar refractivity (Wildman–Crippen MR) is 67.5 cm³/mol. The quantitative estimate of drug-likeness (QED) is 0.300. The van der Waals surface area contributed by atoms with Gasteiger partial charge in [0, 0.05) is 0 Å². The molecule has 1 aromatic carbocycles. The zero-order chi connectivity index (χ0) is 12.4. The van der Waals surface area contributed by atoms with E-state index in [1.165, 1.54) is 0 Å². The summed E-state index contributed by atoms with van der Waals surface area (Å²) in [5.74, 6) is 0.460. The molecule has 0 fully saturated rings. The van der Waals surface area contributed by atoms with Crippen LogP contribution in [0.2, 0.25) is 0 Å². The first kappa shape index (κ1) is 34.0. The standard InChI is InChI=1S/C13H8N4O.5Rb/c18-12-8-14-13-10(16-12)6-7-11(17-13)15-9-4-2-1-3-5-9;;;;;/h1-5,7-8H,(H-2,14,15,16,17,18);;;;;/q-4;5*+1/p-1. The molecule has 3 rings (SSSR count). The normalized spacial score (nSPS) is 10.0. The van der Waals surface area contributed by atoms with Gasteiger partial charge in [-0.15, -0.1) is 0 Å². The first-order chi connectivity index (χ1) is 8.81. The Labute approximate surface area is 381 Å². The van der Waals surface area contributed by atoms with E-state index in [0.717, 1.165) is 12.2 Å². The zero-order valence-corrected chi connectivity index (χ0v) is 38.8. The second kappa shape index (κ2) is 19.1. The van der Waals surface area contributed by atoms with Gasteiger partial charge in [0.1, 0.15) is 0 Å². The van der Waals surface area contributed by atoms with E-state index in [-0.39, 0.29) is 291 Å². The Bertz CT molecular complexity index is 600. The van der Waals surface area contributed by atoms with Gasteiger partial charge in [-0.05, 0) is 0 Å². The maximum atomic E-state index is 11.0. The fourth-order valence-electron chi connectivity index (χ4n) is 1.51. The van der Waals surface area contributed by atoms with Crippen LogP contribution in [0.1, 0.15) is 0 Å². The Kier molecular flexibility index (Phi) is 28.1. The van der Waals surface area contributed by atoms with Gasteiger partial charge in [-0.2, -0.15) is 11.9 Å². The van der Waals surface area contributed by atoms with E-state index in [1.807, 2.05) is 30.3 Å². The van der Waals surface area contributed by atoms with E-state index in [4.69, 9.17) is 0 Å². The SMILES string of the molecule is O=C1[CH-][N-]c2nc([N-]c3ccccc3)c[c-]c2[N-]1.[Rb+].[Rb+].[Rb+].[Rb+].[Rb+]. The second-order valence-electron chi connectivity index (χ2n) is 3.59. The van der Waals surface area contributed by atoms with Crippen LogP contribution in [0.5, 0.6) is 0 Å². The van der Waals surface area contributed by atoms with Crippen LogP contribution in [-0.2, 0) is 4.79 Å². The molecule has 0 spiro atoms. The van der Waals surface area contributed by atoms with Crippen LogP contribution in [0.3, 0.4) is 0 Å². The van der Waals surface area contributed by atoms with Crippen LogP contribution in [0, 0.1) is 12.6 Å². The Morgan fingerprint density at radius 2 is 1.70 bits per heavy atom. The smallest absolute Gasteiger partial charge is 0.688 e. The van der Waals surface area contributed by atoms with Crippen LogP contribution in [0.15, 0.2) is 36.4 Å². The molecule has 0 saturated heterocycles. The summed E-state index contributed by atoms with van der Waals surface area (Å²) in [7, 11) is 0. The van der Waals surface area contributed by atoms with Gasteiger partial charge < -0.3 is 32.3 Å². The van der Waals surface area contributed by atoms with E-state index in [9.17, 15) is 4.79 Å². The first-order valence-electron chi connectivity index (χ1n) is 5.30. The van der Waals surface area contributed by atoms with E-state index < -0.39 is 5.91 Å². The fraction of sp³-hybridized carbons (Fsp3) is 0. The van der Waals surface area contributed by atoms with E-state index in [0.29, 0.717) is 17.3 Å². The summed E-state index contributed by atoms with van der Waals surface area (Å²) in [4.78, 5) is 15.2. The number of rotatable bonds is 2. The number of hydrogen-bond donors (Lipinski definition) is 0. The van der Waals surface area contributed by atoms with Gasteiger partial charge >= 0.3 is 291 Å². The number of pyridine rings is 1. The third-order valence-electron chi connectivity index (χ3n) is 2.29. The number of aromatic nitrogens is 1. The summed E-state index contributed by atoms with van der Waals surface area (Å²) < 4.78 is 0. The average Bonchev–Trinajstić information content (AvgIpc) is 2.40. The van der Waals surface area contributed by atoms with Crippen molar-refractivity contribution in [1.82, 2.24) is 4.98 Å². The Morgan fingerprint density at radius 1 is 1.04 bits per heavy atom. The van der Waals surface area contributed by atoms with Gasteiger partial charge in [-0.3, -0.25) is 5.69 Å². The zero-order valence-electron chi connectivity index (χ0n) is 14.2. The molecule has 2 aromatic rings. The molecule has 0 atom stereocenters. The van der Waals surface area contributed by atoms with Crippen molar-refractivity contribution in [2.75, 3.05) is 0 Å². The van der Waals surface area contributed by atoms with Crippen LogP contribution in [0.4, 0.5) is 23.0 Å². The molecule has 1 aromatic heterocycles. The number of nitrogens with zero attached hydrogens (tertiary/aromatic N) is 4. The summed E-state index contributed by atoms with van der Waals surface area (Å²) in [5.41, 5.74) is 1.15. The summed E-state index contributed by atoms with van der Waals surface area (Å²) in [6, 6.07) is 13.9. The molecular weight excluding hydrogens is 656 g/mol. The van der Waals surface area contributed by atoms with Gasteiger partial charge in [0.2, 0.25) is 0 Å². The van der Waals surface area contributed by atoms with Crippen LogP contribution >= 0.6 is 0 Å². The maximum absolute atomic E-state index is 11.0. The van der Waals surface area contributed by atoms with Gasteiger partial charge in [-0.25, -0.2) is 11.9 Å². The van der Waals surface area contributed by atoms with Crippen LogP contribution in [0.25, 0.3) is 16.0 Å². The van der Waals surface area contributed by atoms with Crippen molar-refractivity contribution in [3.05, 3.63) is 65.0 Å². The number of benzene rings is 1. The molecule has 5 nitrogen and oxygen atoms in total. The summed E-state index contributed by atoms with van der Waals surface area (Å²) in [6.45, 7) is 1.13. The van der Waals surface area contributed by atoms with Gasteiger partial charge in [-0.1, -0.05) is 41.9 Å². The maximum Gasteiger partial charge on any atom is 1.00 e. The van der Waals surface area contributed by atoms with Crippen molar-refractivity contribution in [3.8, 4) is 0 Å². The van der Waals surface area contributed by atoms with Crippen molar-refractivity contribution < 1.29 is 296 Å². The molecule has 0 N–H and O–H groups in total. The topological polar surface area (TPSA) is 72.3 Å². The van der Waals surface area contributed by atoms with E-state index in [2.05, 4.69) is 27.0 Å². The molecule has 1 aliphatic heterocycles. The molecule has 0 bridgehead atoms. The number of carbonyl (C=O) groups is 1. The third-order valence-corrected chi connectivity index (χ3v) is 2.29. The van der Waals surface area contributed by atoms with Gasteiger partial charge in [0.25, 0.3) is 0 Å². The molecular formula is C13H7N4ORb5. The van der Waals surface area contributed by atoms with Crippen molar-refractivity contribution in [2.45, 2.75) is 0 Å². The summed E-state index contributed by atoms with van der Waals surface area (Å²) in [6.07, 6.45) is 0. The first-order valence-corrected chi connectivity index (χ1v) is 5.30. The Hall–Kier alpha value is 6.34. The minimum Gasteiger partial charge on any atom is -0.688 e. The van der Waals surface area contributed by atoms with Gasteiger partial charge in [0.15, 0.2) is 0 Å². The minimum absolute atomic E-state index is 0. The largest absolute Gasteiger partial charge is 1.00 e. The van der Waals surface area contributed by atoms with Gasteiger partial charge in [0.05, 0.1) is 0 Å². The van der Waals surface area contributed by atoms with Crippen molar-refractivity contribution in [2.24, 2.45) is 0 Å². The Balaban J connectivity index is -0.000000800. The van der Waals surface area contributed by atoms with Crippen molar-refractivity contribution >= 4 is 28.9 Å². The summed E-state index contributed by atoms with van der Waals surface area (Å²) in [5, 5.41) is 12.0. The summed E-state index contributed by atoms with van der Waals surface area (Å²) >= 11 is 0. The monoisotopic (exact) mass is 660 g/mol. The number of hydrogen-bond acceptors (Lipinski definition) is 2. The third kappa shape index (κ3) is 12.1. The van der Waals surface area contributed by atoms with Crippen LogP contribution < -0.4 is 291 Å². The fourth-order valence-corrected chi connectivity index (χ4v) is 1.51. The molecule has 2 heterocycles. The molecule has 1 amide bonds. The van der Waals surface area contributed by atoms with E-state index in [1.54, 1.807) is 6.07 Å². The molecule has 10 heteroatoms. The molecule has 1 aliphatic rings. The number of para-hydroxylation sites is 1. The van der Waals surface area contributed by atoms with Crippen molar-refractivity contribution in [3.63, 3.8) is 0 Å². The number of fused-ring (bicyclic) bond motifs is 1. The predicted octanol–water partition coefficient (Wildman–Crippen LogP) is -11.0. The minimum atomic E-state index is -0.395. The molecule has 0 aliphatic carbocycles. The molecule has 0 unspecified atom stereocenters. The second-order valence-corrected chi connectivity index (χ2v) is 3.59. The van der Waals surface area contributed by atoms with E-state index >= 15 is 0 Å².